The van der Waals surface area contributed by atoms with Gasteiger partial charge in [-0.25, -0.2) is 14.2 Å². The van der Waals surface area contributed by atoms with Gasteiger partial charge in [0.05, 0.1) is 34.9 Å². The average molecular weight is 482 g/mol. The predicted molar refractivity (Wildman–Crippen MR) is 134 cm³/mol. The van der Waals surface area contributed by atoms with Gasteiger partial charge in [0.15, 0.2) is 0 Å². The molecule has 33 heavy (non-hydrogen) atoms. The molecule has 0 unspecified atom stereocenters. The first kappa shape index (κ1) is 21.7. The topological polar surface area (TPSA) is 92.3 Å². The molecule has 0 radical (unpaired) electrons. The van der Waals surface area contributed by atoms with Gasteiger partial charge in [-0.15, -0.1) is 0 Å². The average Bonchev–Trinajstić information content (AvgIpc) is 3.51. The first-order valence-electron chi connectivity index (χ1n) is 10.7. The van der Waals surface area contributed by atoms with Crippen molar-refractivity contribution in [2.45, 2.75) is 12.8 Å². The smallest absolute Gasteiger partial charge is 0.227 e. The second kappa shape index (κ2) is 8.68. The van der Waals surface area contributed by atoms with Gasteiger partial charge in [0.25, 0.3) is 0 Å². The number of aromatic amines is 1. The zero-order valence-electron chi connectivity index (χ0n) is 18.3. The lowest BCUT2D eigenvalue weighted by atomic mass is 10.1. The molecule has 2 N–H and O–H groups in total. The molecule has 1 saturated carbocycles. The first-order valence-corrected chi connectivity index (χ1v) is 13.4. The number of nitrogens with zero attached hydrogens (tertiary/aromatic N) is 3. The Morgan fingerprint density at radius 2 is 2.06 bits per heavy atom. The lowest BCUT2D eigenvalue weighted by Crippen LogP contribution is -2.04. The molecule has 7 nitrogen and oxygen atoms in total. The van der Waals surface area contributed by atoms with E-state index in [2.05, 4.69) is 19.6 Å². The van der Waals surface area contributed by atoms with Gasteiger partial charge in [-0.1, -0.05) is 29.8 Å². The Bertz CT molecular complexity index is 1450. The molecule has 9 heteroatoms. The highest BCUT2D eigenvalue weighted by Crippen LogP contribution is 2.36. The van der Waals surface area contributed by atoms with Crippen LogP contribution in [0.4, 0.5) is 17.3 Å². The Balaban J connectivity index is 1.49. The van der Waals surface area contributed by atoms with E-state index >= 15 is 0 Å². The van der Waals surface area contributed by atoms with Crippen LogP contribution in [0.3, 0.4) is 0 Å². The van der Waals surface area contributed by atoms with Gasteiger partial charge in [-0.3, -0.25) is 0 Å². The van der Waals surface area contributed by atoms with Crippen LogP contribution in [0.5, 0.6) is 5.75 Å². The number of anilines is 2. The molecule has 5 rings (SSSR count). The highest BCUT2D eigenvalue weighted by Gasteiger charge is 2.23. The fourth-order valence-corrected chi connectivity index (χ4v) is 4.35. The van der Waals surface area contributed by atoms with Crippen molar-refractivity contribution in [1.82, 2.24) is 15.0 Å². The van der Waals surface area contributed by atoms with E-state index in [-0.39, 0.29) is 0 Å². The summed E-state index contributed by atoms with van der Waals surface area (Å²) in [4.78, 5) is 12.3. The van der Waals surface area contributed by atoms with Crippen LogP contribution < -0.4 is 10.1 Å². The number of fused-ring (bicyclic) bond motifs is 1. The summed E-state index contributed by atoms with van der Waals surface area (Å²) in [6.07, 6.45) is 9.06. The Morgan fingerprint density at radius 1 is 1.24 bits per heavy atom. The van der Waals surface area contributed by atoms with Gasteiger partial charge < -0.3 is 15.0 Å². The van der Waals surface area contributed by atoms with Crippen molar-refractivity contribution in [2.24, 2.45) is 10.3 Å². The molecule has 2 aromatic heterocycles. The maximum atomic E-state index is 12.1. The second-order valence-corrected chi connectivity index (χ2v) is 11.4. The van der Waals surface area contributed by atoms with Crippen LogP contribution in [0.25, 0.3) is 22.2 Å². The summed E-state index contributed by atoms with van der Waals surface area (Å²) >= 11 is 6.47. The molecule has 0 bridgehead atoms. The number of aromatic nitrogens is 3. The minimum Gasteiger partial charge on any atom is -0.491 e. The number of H-pyrrole nitrogens is 1. The van der Waals surface area contributed by atoms with E-state index in [0.717, 1.165) is 16.5 Å². The molecule has 0 aliphatic heterocycles. The minimum absolute atomic E-state index is 0.399. The molecule has 0 spiro atoms. The van der Waals surface area contributed by atoms with Crippen LogP contribution in [-0.4, -0.2) is 38.3 Å². The van der Waals surface area contributed by atoms with E-state index in [1.54, 1.807) is 30.8 Å². The maximum absolute atomic E-state index is 12.1. The van der Waals surface area contributed by atoms with E-state index in [9.17, 15) is 4.21 Å². The van der Waals surface area contributed by atoms with Crippen LogP contribution >= 0.6 is 11.6 Å². The summed E-state index contributed by atoms with van der Waals surface area (Å²) in [5.41, 5.74) is 3.87. The Hall–Kier alpha value is -3.10. The third-order valence-electron chi connectivity index (χ3n) is 5.30. The van der Waals surface area contributed by atoms with E-state index in [4.69, 9.17) is 21.3 Å². The highest BCUT2D eigenvalue weighted by atomic mass is 35.5. The number of hydrogen-bond donors (Lipinski definition) is 2. The van der Waals surface area contributed by atoms with Crippen molar-refractivity contribution in [1.29, 1.82) is 0 Å². The SMILES string of the molecule is CS(C)(=O)=Nc1ccc(Nc2ncc(Cl)c(-c3c[nH]c4ccccc34)n2)c(OCC2CC2)c1. The molecular weight excluding hydrogens is 458 g/mol. The van der Waals surface area contributed by atoms with Crippen molar-refractivity contribution in [2.75, 3.05) is 24.4 Å². The monoisotopic (exact) mass is 481 g/mol. The standard InChI is InChI=1S/C24H24ClN5O2S/c1-33(2,31)30-16-9-10-21(22(11-16)32-14-15-7-8-15)28-24-27-13-19(25)23(29-24)18-12-26-20-6-4-3-5-17(18)20/h3-6,9-13,15,26H,7-8,14H2,1-2H3,(H,27,28,29). The van der Waals surface area contributed by atoms with Gasteiger partial charge in [-0.05, 0) is 37.0 Å². The fourth-order valence-electron chi connectivity index (χ4n) is 3.54. The number of halogens is 1. The predicted octanol–water partition coefficient (Wildman–Crippen LogP) is 6.17. The quantitative estimate of drug-likeness (QED) is 0.329. The molecular formula is C24H24ClN5O2S. The molecule has 4 aromatic rings. The van der Waals surface area contributed by atoms with Crippen LogP contribution in [-0.2, 0) is 9.73 Å². The summed E-state index contributed by atoms with van der Waals surface area (Å²) in [7, 11) is -2.28. The van der Waals surface area contributed by atoms with E-state index < -0.39 is 9.73 Å². The summed E-state index contributed by atoms with van der Waals surface area (Å²) in [5, 5.41) is 4.75. The molecule has 0 saturated heterocycles. The summed E-state index contributed by atoms with van der Waals surface area (Å²) < 4.78 is 22.5. The third kappa shape index (κ3) is 5.12. The third-order valence-corrected chi connectivity index (χ3v) is 6.22. The van der Waals surface area contributed by atoms with Crippen molar-refractivity contribution >= 4 is 49.6 Å². The van der Waals surface area contributed by atoms with Gasteiger partial charge in [0.1, 0.15) is 5.75 Å². The number of hydrogen-bond acceptors (Lipinski definition) is 6. The lowest BCUT2D eigenvalue weighted by molar-refractivity contribution is 0.301. The van der Waals surface area contributed by atoms with Crippen molar-refractivity contribution in [3.05, 3.63) is 59.9 Å². The first-order chi connectivity index (χ1) is 15.9. The summed E-state index contributed by atoms with van der Waals surface area (Å²) in [5.74, 6) is 1.61. The van der Waals surface area contributed by atoms with Crippen LogP contribution in [0.1, 0.15) is 12.8 Å². The number of benzene rings is 2. The number of para-hydroxylation sites is 1. The van der Waals surface area contributed by atoms with Gasteiger partial charge in [0.2, 0.25) is 5.95 Å². The molecule has 1 aliphatic carbocycles. The fraction of sp³-hybridized carbons (Fsp3) is 0.250. The molecule has 2 heterocycles. The van der Waals surface area contributed by atoms with Crippen molar-refractivity contribution < 1.29 is 8.95 Å². The Kier molecular flexibility index (Phi) is 5.72. The zero-order valence-corrected chi connectivity index (χ0v) is 19.9. The van der Waals surface area contributed by atoms with Gasteiger partial charge in [-0.2, -0.15) is 4.36 Å². The van der Waals surface area contributed by atoms with Gasteiger partial charge >= 0.3 is 0 Å². The number of nitrogens with one attached hydrogen (secondary N) is 2. The van der Waals surface area contributed by atoms with E-state index in [0.29, 0.717) is 46.3 Å². The van der Waals surface area contributed by atoms with Crippen molar-refractivity contribution in [3.63, 3.8) is 0 Å². The van der Waals surface area contributed by atoms with Crippen LogP contribution in [0.15, 0.2) is 59.2 Å². The van der Waals surface area contributed by atoms with Crippen LogP contribution in [0, 0.1) is 5.92 Å². The summed E-state index contributed by atoms with van der Waals surface area (Å²) in [6.45, 7) is 0.633. The largest absolute Gasteiger partial charge is 0.491 e. The lowest BCUT2D eigenvalue weighted by Gasteiger charge is -2.14. The molecule has 1 aliphatic rings. The molecule has 170 valence electrons. The van der Waals surface area contributed by atoms with Crippen LogP contribution in [0.2, 0.25) is 5.02 Å². The second-order valence-electron chi connectivity index (χ2n) is 8.47. The highest BCUT2D eigenvalue weighted by molar-refractivity contribution is 7.92. The van der Waals surface area contributed by atoms with Gasteiger partial charge in [0, 0.05) is 51.0 Å². The number of rotatable bonds is 7. The number of ether oxygens (including phenoxy) is 1. The molecule has 1 fully saturated rings. The van der Waals surface area contributed by atoms with E-state index in [1.807, 2.05) is 36.5 Å². The molecule has 0 amide bonds. The summed E-state index contributed by atoms with van der Waals surface area (Å²) in [6, 6.07) is 13.4. The Morgan fingerprint density at radius 3 is 2.85 bits per heavy atom. The molecule has 0 atom stereocenters. The minimum atomic E-state index is -2.28. The maximum Gasteiger partial charge on any atom is 0.227 e. The van der Waals surface area contributed by atoms with E-state index in [1.165, 1.54) is 12.8 Å². The molecule has 2 aromatic carbocycles. The normalized spacial score (nSPS) is 13.8. The zero-order chi connectivity index (χ0) is 23.0. The Labute approximate surface area is 197 Å². The van der Waals surface area contributed by atoms with Crippen molar-refractivity contribution in [3.8, 4) is 17.0 Å².